The number of amides is 1. The van der Waals surface area contributed by atoms with Gasteiger partial charge in [0.15, 0.2) is 0 Å². The van der Waals surface area contributed by atoms with Crippen LogP contribution in [0.3, 0.4) is 0 Å². The number of rotatable bonds is 2. The van der Waals surface area contributed by atoms with Crippen LogP contribution in [0.4, 0.5) is 0 Å². The molecule has 0 atom stereocenters. The van der Waals surface area contributed by atoms with E-state index < -0.39 is 5.97 Å². The summed E-state index contributed by atoms with van der Waals surface area (Å²) in [6.45, 7) is 3.36. The smallest absolute Gasteiger partial charge is 0.303 e. The van der Waals surface area contributed by atoms with Crippen molar-refractivity contribution in [1.29, 1.82) is 0 Å². The van der Waals surface area contributed by atoms with Crippen LogP contribution in [-0.4, -0.2) is 40.0 Å². The lowest BCUT2D eigenvalue weighted by atomic mass is 10.1. The number of hydrogen-bond donors (Lipinski definition) is 1. The maximum atomic E-state index is 12.0. The number of likely N-dealkylation sites (tertiary alicyclic amines) is 1. The SMILES string of the molecule is CCC(=O)O.O=C(c1cncc(Br)c1)N1CCCCC1. The molecule has 0 spiro atoms. The van der Waals surface area contributed by atoms with Crippen molar-refractivity contribution in [2.45, 2.75) is 32.6 Å². The summed E-state index contributed by atoms with van der Waals surface area (Å²) in [7, 11) is 0. The minimum atomic E-state index is -0.745. The van der Waals surface area contributed by atoms with Crippen molar-refractivity contribution in [3.8, 4) is 0 Å². The second kappa shape index (κ2) is 8.68. The lowest BCUT2D eigenvalue weighted by Crippen LogP contribution is -2.35. The van der Waals surface area contributed by atoms with Crippen molar-refractivity contribution in [2.24, 2.45) is 0 Å². The number of aliphatic carboxylic acids is 1. The Balaban J connectivity index is 0.000000347. The van der Waals surface area contributed by atoms with Crippen molar-refractivity contribution in [3.05, 3.63) is 28.5 Å². The molecule has 0 unspecified atom stereocenters. The molecule has 1 saturated heterocycles. The summed E-state index contributed by atoms with van der Waals surface area (Å²) < 4.78 is 0.852. The van der Waals surface area contributed by atoms with Gasteiger partial charge in [0.25, 0.3) is 5.91 Å². The first kappa shape index (κ1) is 16.6. The van der Waals surface area contributed by atoms with E-state index in [9.17, 15) is 9.59 Å². The molecule has 0 saturated carbocycles. The third-order valence-electron chi connectivity index (χ3n) is 2.90. The zero-order chi connectivity index (χ0) is 15.0. The molecular weight excluding hydrogens is 324 g/mol. The molecule has 1 aromatic heterocycles. The number of carbonyl (C=O) groups is 2. The van der Waals surface area contributed by atoms with Gasteiger partial charge < -0.3 is 10.0 Å². The van der Waals surface area contributed by atoms with Crippen LogP contribution in [0.2, 0.25) is 0 Å². The van der Waals surface area contributed by atoms with Crippen LogP contribution in [0.5, 0.6) is 0 Å². The lowest BCUT2D eigenvalue weighted by Gasteiger charge is -2.26. The number of nitrogens with zero attached hydrogens (tertiary/aromatic N) is 2. The van der Waals surface area contributed by atoms with Gasteiger partial charge in [-0.1, -0.05) is 6.92 Å². The van der Waals surface area contributed by atoms with Gasteiger partial charge in [0, 0.05) is 36.4 Å². The van der Waals surface area contributed by atoms with E-state index >= 15 is 0 Å². The highest BCUT2D eigenvalue weighted by Gasteiger charge is 2.18. The molecule has 0 aliphatic carbocycles. The van der Waals surface area contributed by atoms with Gasteiger partial charge in [-0.3, -0.25) is 14.6 Å². The van der Waals surface area contributed by atoms with Crippen LogP contribution < -0.4 is 0 Å². The van der Waals surface area contributed by atoms with Gasteiger partial charge in [0.1, 0.15) is 0 Å². The van der Waals surface area contributed by atoms with E-state index in [1.165, 1.54) is 6.42 Å². The van der Waals surface area contributed by atoms with Crippen LogP contribution in [0, 0.1) is 0 Å². The largest absolute Gasteiger partial charge is 0.481 e. The highest BCUT2D eigenvalue weighted by molar-refractivity contribution is 9.10. The van der Waals surface area contributed by atoms with E-state index in [0.717, 1.165) is 30.4 Å². The summed E-state index contributed by atoms with van der Waals surface area (Å²) in [5.41, 5.74) is 0.672. The number of aromatic nitrogens is 1. The van der Waals surface area contributed by atoms with Crippen molar-refractivity contribution >= 4 is 27.8 Å². The highest BCUT2D eigenvalue weighted by Crippen LogP contribution is 2.15. The maximum absolute atomic E-state index is 12.0. The predicted octanol–water partition coefficient (Wildman–Crippen LogP) is 2.95. The van der Waals surface area contributed by atoms with Gasteiger partial charge in [0.2, 0.25) is 0 Å². The minimum absolute atomic E-state index is 0.100. The van der Waals surface area contributed by atoms with E-state index in [4.69, 9.17) is 5.11 Å². The Morgan fingerprint density at radius 2 is 1.90 bits per heavy atom. The molecule has 1 aromatic rings. The minimum Gasteiger partial charge on any atom is -0.481 e. The average Bonchev–Trinajstić information content (AvgIpc) is 2.48. The molecule has 2 heterocycles. The number of pyridine rings is 1. The molecule has 5 nitrogen and oxygen atoms in total. The van der Waals surface area contributed by atoms with Crippen molar-refractivity contribution in [3.63, 3.8) is 0 Å². The average molecular weight is 343 g/mol. The summed E-state index contributed by atoms with van der Waals surface area (Å²) in [4.78, 5) is 27.3. The molecule has 1 aliphatic heterocycles. The first-order valence-corrected chi connectivity index (χ1v) is 7.45. The van der Waals surface area contributed by atoms with Gasteiger partial charge in [-0.2, -0.15) is 0 Å². The standard InChI is InChI=1S/C11H13BrN2O.C3H6O2/c12-10-6-9(7-13-8-10)11(15)14-4-2-1-3-5-14;1-2-3(4)5/h6-8H,1-5H2;2H2,1H3,(H,4,5). The molecule has 0 radical (unpaired) electrons. The number of carbonyl (C=O) groups excluding carboxylic acids is 1. The van der Waals surface area contributed by atoms with Crippen LogP contribution in [0.25, 0.3) is 0 Å². The fourth-order valence-electron chi connectivity index (χ4n) is 1.81. The highest BCUT2D eigenvalue weighted by atomic mass is 79.9. The topological polar surface area (TPSA) is 70.5 Å². The number of carboxylic acid groups (broad SMARTS) is 1. The van der Waals surface area contributed by atoms with E-state index in [0.29, 0.717) is 5.56 Å². The normalized spacial score (nSPS) is 14.2. The van der Waals surface area contributed by atoms with E-state index in [1.807, 2.05) is 11.0 Å². The summed E-state index contributed by atoms with van der Waals surface area (Å²) in [6, 6.07) is 1.82. The van der Waals surface area contributed by atoms with Crippen molar-refractivity contribution < 1.29 is 14.7 Å². The molecule has 2 rings (SSSR count). The first-order chi connectivity index (χ1) is 9.54. The zero-order valence-electron chi connectivity index (χ0n) is 11.5. The van der Waals surface area contributed by atoms with Crippen molar-refractivity contribution in [1.82, 2.24) is 9.88 Å². The molecule has 0 aromatic carbocycles. The van der Waals surface area contributed by atoms with Gasteiger partial charge >= 0.3 is 5.97 Å². The Kier molecular flexibility index (Phi) is 7.22. The second-order valence-corrected chi connectivity index (χ2v) is 5.41. The second-order valence-electron chi connectivity index (χ2n) is 4.49. The Morgan fingerprint density at radius 1 is 1.30 bits per heavy atom. The third-order valence-corrected chi connectivity index (χ3v) is 3.33. The molecule has 6 heteroatoms. The Hall–Kier alpha value is -1.43. The fraction of sp³-hybridized carbons (Fsp3) is 0.500. The van der Waals surface area contributed by atoms with Gasteiger partial charge in [0.05, 0.1) is 5.56 Å². The van der Waals surface area contributed by atoms with Gasteiger partial charge in [-0.25, -0.2) is 0 Å². The van der Waals surface area contributed by atoms with Crippen LogP contribution >= 0.6 is 15.9 Å². The fourth-order valence-corrected chi connectivity index (χ4v) is 2.17. The summed E-state index contributed by atoms with van der Waals surface area (Å²) >= 11 is 3.32. The molecule has 110 valence electrons. The third kappa shape index (κ3) is 5.69. The quantitative estimate of drug-likeness (QED) is 0.896. The zero-order valence-corrected chi connectivity index (χ0v) is 13.1. The molecule has 1 fully saturated rings. The van der Waals surface area contributed by atoms with Gasteiger partial charge in [-0.15, -0.1) is 0 Å². The van der Waals surface area contributed by atoms with Crippen LogP contribution in [0.1, 0.15) is 43.0 Å². The Bertz CT molecular complexity index is 459. The monoisotopic (exact) mass is 342 g/mol. The van der Waals surface area contributed by atoms with E-state index in [1.54, 1.807) is 19.3 Å². The predicted molar refractivity (Wildman–Crippen MR) is 79.6 cm³/mol. The van der Waals surface area contributed by atoms with E-state index in [2.05, 4.69) is 20.9 Å². The summed E-state index contributed by atoms with van der Waals surface area (Å²) in [5, 5.41) is 7.72. The van der Waals surface area contributed by atoms with Gasteiger partial charge in [-0.05, 0) is 41.3 Å². The maximum Gasteiger partial charge on any atom is 0.303 e. The molecule has 20 heavy (non-hydrogen) atoms. The lowest BCUT2D eigenvalue weighted by molar-refractivity contribution is -0.136. The molecule has 1 amide bonds. The summed E-state index contributed by atoms with van der Waals surface area (Å²) in [5.74, 6) is -0.645. The van der Waals surface area contributed by atoms with Crippen LogP contribution in [0.15, 0.2) is 22.9 Å². The number of halogens is 1. The Labute approximate surface area is 127 Å². The molecule has 1 aliphatic rings. The number of hydrogen-bond acceptors (Lipinski definition) is 3. The van der Waals surface area contributed by atoms with Crippen molar-refractivity contribution in [2.75, 3.05) is 13.1 Å². The molecule has 1 N–H and O–H groups in total. The molecular formula is C14H19BrN2O3. The Morgan fingerprint density at radius 3 is 2.40 bits per heavy atom. The molecule has 0 bridgehead atoms. The number of piperidine rings is 1. The van der Waals surface area contributed by atoms with E-state index in [-0.39, 0.29) is 12.3 Å². The van der Waals surface area contributed by atoms with Crippen LogP contribution in [-0.2, 0) is 4.79 Å². The first-order valence-electron chi connectivity index (χ1n) is 6.66. The number of carboxylic acids is 1. The summed E-state index contributed by atoms with van der Waals surface area (Å²) in [6.07, 6.45) is 7.01.